The van der Waals surface area contributed by atoms with E-state index in [-0.39, 0.29) is 23.4 Å². The Morgan fingerprint density at radius 3 is 2.50 bits per heavy atom. The molecule has 0 saturated heterocycles. The summed E-state index contributed by atoms with van der Waals surface area (Å²) >= 11 is 1.14. The van der Waals surface area contributed by atoms with Crippen LogP contribution in [0.5, 0.6) is 0 Å². The number of fused-ring (bicyclic) bond motifs is 1. The molecule has 6 rings (SSSR count). The summed E-state index contributed by atoms with van der Waals surface area (Å²) in [5.74, 6) is -0.488. The Balaban J connectivity index is 1.37. The number of aromatic nitrogens is 4. The summed E-state index contributed by atoms with van der Waals surface area (Å²) in [5.41, 5.74) is 3.53. The van der Waals surface area contributed by atoms with Gasteiger partial charge in [-0.1, -0.05) is 23.0 Å². The van der Waals surface area contributed by atoms with Crippen molar-refractivity contribution in [1.29, 1.82) is 0 Å². The van der Waals surface area contributed by atoms with Crippen LogP contribution >= 0.6 is 11.3 Å². The Kier molecular flexibility index (Phi) is 4.88. The minimum Gasteiger partial charge on any atom is -0.328 e. The van der Waals surface area contributed by atoms with Crippen LogP contribution in [0.25, 0.3) is 33.0 Å². The predicted molar refractivity (Wildman–Crippen MR) is 127 cm³/mol. The Bertz CT molecular complexity index is 1540. The van der Waals surface area contributed by atoms with Gasteiger partial charge < -0.3 is 9.88 Å². The highest BCUT2D eigenvalue weighted by Gasteiger charge is 2.29. The van der Waals surface area contributed by atoms with Gasteiger partial charge in [0.05, 0.1) is 16.7 Å². The van der Waals surface area contributed by atoms with Crippen LogP contribution < -0.4 is 5.32 Å². The van der Waals surface area contributed by atoms with Crippen LogP contribution in [-0.2, 0) is 0 Å². The van der Waals surface area contributed by atoms with E-state index in [9.17, 15) is 8.78 Å². The molecule has 0 spiro atoms. The Morgan fingerprint density at radius 1 is 0.941 bits per heavy atom. The van der Waals surface area contributed by atoms with Gasteiger partial charge in [0.25, 0.3) is 0 Å². The fourth-order valence-electron chi connectivity index (χ4n) is 4.02. The van der Waals surface area contributed by atoms with Gasteiger partial charge in [-0.25, -0.2) is 18.2 Å². The van der Waals surface area contributed by atoms with Gasteiger partial charge in [0, 0.05) is 23.2 Å². The fourth-order valence-corrected chi connectivity index (χ4v) is 4.79. The van der Waals surface area contributed by atoms with Crippen molar-refractivity contribution in [2.24, 2.45) is 0 Å². The molecule has 0 radical (unpaired) electrons. The third kappa shape index (κ3) is 3.71. The minimum atomic E-state index is -0.460. The molecule has 9 heteroatoms. The van der Waals surface area contributed by atoms with Crippen molar-refractivity contribution in [2.45, 2.75) is 25.8 Å². The summed E-state index contributed by atoms with van der Waals surface area (Å²) in [4.78, 5) is 4.74. The maximum atomic E-state index is 15.1. The van der Waals surface area contributed by atoms with E-state index in [0.717, 1.165) is 35.3 Å². The zero-order valence-corrected chi connectivity index (χ0v) is 18.8. The first kappa shape index (κ1) is 20.9. The lowest BCUT2D eigenvalue weighted by molar-refractivity contribution is 0.628. The summed E-state index contributed by atoms with van der Waals surface area (Å²) in [6.45, 7) is 1.87. The van der Waals surface area contributed by atoms with Crippen molar-refractivity contribution in [1.82, 2.24) is 19.7 Å². The van der Waals surface area contributed by atoms with Crippen molar-refractivity contribution < 1.29 is 13.2 Å². The van der Waals surface area contributed by atoms with Gasteiger partial charge in [0.2, 0.25) is 5.13 Å². The van der Waals surface area contributed by atoms with Gasteiger partial charge in [-0.3, -0.25) is 0 Å². The van der Waals surface area contributed by atoms with E-state index < -0.39 is 5.82 Å². The molecule has 3 aromatic carbocycles. The van der Waals surface area contributed by atoms with Gasteiger partial charge in [-0.15, -0.1) is 10.2 Å². The normalized spacial score (nSPS) is 13.5. The molecule has 1 aliphatic rings. The molecule has 34 heavy (non-hydrogen) atoms. The maximum absolute atomic E-state index is 15.1. The van der Waals surface area contributed by atoms with E-state index in [0.29, 0.717) is 32.6 Å². The Hall–Kier alpha value is -3.72. The lowest BCUT2D eigenvalue weighted by atomic mass is 10.1. The van der Waals surface area contributed by atoms with Crippen molar-refractivity contribution in [3.05, 3.63) is 77.6 Å². The number of rotatable bonds is 5. The van der Waals surface area contributed by atoms with Gasteiger partial charge in [-0.05, 0) is 62.2 Å². The first-order valence-corrected chi connectivity index (χ1v) is 11.6. The highest BCUT2D eigenvalue weighted by Crippen LogP contribution is 2.42. The van der Waals surface area contributed by atoms with Gasteiger partial charge in [-0.2, -0.15) is 0 Å². The first-order chi connectivity index (χ1) is 16.5. The summed E-state index contributed by atoms with van der Waals surface area (Å²) < 4.78 is 44.8. The van der Waals surface area contributed by atoms with Crippen molar-refractivity contribution >= 4 is 33.2 Å². The van der Waals surface area contributed by atoms with Crippen LogP contribution in [0.1, 0.15) is 24.4 Å². The summed E-state index contributed by atoms with van der Waals surface area (Å²) in [6.07, 6.45) is 1.98. The van der Waals surface area contributed by atoms with E-state index in [1.54, 1.807) is 30.3 Å². The number of halogens is 3. The van der Waals surface area contributed by atoms with Gasteiger partial charge in [0.1, 0.15) is 23.3 Å². The predicted octanol–water partition coefficient (Wildman–Crippen LogP) is 7.03. The maximum Gasteiger partial charge on any atom is 0.210 e. The molecule has 1 fully saturated rings. The zero-order chi connectivity index (χ0) is 23.4. The third-order valence-electron chi connectivity index (χ3n) is 5.81. The average Bonchev–Trinajstić information content (AvgIpc) is 3.44. The number of nitrogens with zero attached hydrogens (tertiary/aromatic N) is 4. The van der Waals surface area contributed by atoms with E-state index >= 15 is 4.39 Å². The van der Waals surface area contributed by atoms with Crippen LogP contribution in [-0.4, -0.2) is 19.7 Å². The second-order valence-corrected chi connectivity index (χ2v) is 9.36. The highest BCUT2D eigenvalue weighted by molar-refractivity contribution is 7.18. The van der Waals surface area contributed by atoms with E-state index in [1.807, 2.05) is 11.5 Å². The fraction of sp³-hybridized carbons (Fsp3) is 0.160. The van der Waals surface area contributed by atoms with Crippen LogP contribution in [0.2, 0.25) is 0 Å². The molecular formula is C25H18F3N5S. The number of benzene rings is 3. The summed E-state index contributed by atoms with van der Waals surface area (Å²) in [5, 5.41) is 11.8. The number of nitrogens with one attached hydrogen (secondary N) is 1. The van der Waals surface area contributed by atoms with Gasteiger partial charge >= 0.3 is 0 Å². The number of hydrogen-bond donors (Lipinski definition) is 1. The van der Waals surface area contributed by atoms with Crippen molar-refractivity contribution in [3.8, 4) is 22.0 Å². The van der Waals surface area contributed by atoms with Crippen LogP contribution in [0.15, 0.2) is 54.6 Å². The molecule has 0 amide bonds. The van der Waals surface area contributed by atoms with Crippen LogP contribution in [0.3, 0.4) is 0 Å². The van der Waals surface area contributed by atoms with Crippen molar-refractivity contribution in [3.63, 3.8) is 0 Å². The molecule has 0 unspecified atom stereocenters. The SMILES string of the molecule is Cc1ccc(F)c(-c2nnc(Nc3cc4nc(-c5ccc(F)cc5)n(C5CC5)c4cc3F)s2)c1. The quantitative estimate of drug-likeness (QED) is 0.295. The molecule has 0 bridgehead atoms. The number of imidazole rings is 1. The summed E-state index contributed by atoms with van der Waals surface area (Å²) in [7, 11) is 0. The minimum absolute atomic E-state index is 0.200. The lowest BCUT2D eigenvalue weighted by Gasteiger charge is -2.08. The molecule has 5 aromatic rings. The second-order valence-electron chi connectivity index (χ2n) is 8.38. The van der Waals surface area contributed by atoms with E-state index in [1.165, 1.54) is 24.3 Å². The van der Waals surface area contributed by atoms with Gasteiger partial charge in [0.15, 0.2) is 5.01 Å². The number of hydrogen-bond acceptors (Lipinski definition) is 5. The lowest BCUT2D eigenvalue weighted by Crippen LogP contribution is -1.98. The molecule has 1 N–H and O–H groups in total. The molecule has 2 aromatic heterocycles. The molecule has 5 nitrogen and oxygen atoms in total. The zero-order valence-electron chi connectivity index (χ0n) is 18.0. The molecule has 1 saturated carbocycles. The number of anilines is 2. The molecule has 170 valence electrons. The topological polar surface area (TPSA) is 55.6 Å². The average molecular weight is 478 g/mol. The molecule has 2 heterocycles. The largest absolute Gasteiger partial charge is 0.328 e. The number of aryl methyl sites for hydroxylation is 1. The Labute approximate surface area is 196 Å². The summed E-state index contributed by atoms with van der Waals surface area (Å²) in [6, 6.07) is 14.3. The third-order valence-corrected chi connectivity index (χ3v) is 6.68. The van der Waals surface area contributed by atoms with Crippen LogP contribution in [0.4, 0.5) is 24.0 Å². The standard InChI is InChI=1S/C25H18F3N5S/c1-13-2-9-18(27)17(10-13)24-31-32-25(34-24)30-20-12-21-22(11-19(20)28)33(16-7-8-16)23(29-21)14-3-5-15(26)6-4-14/h2-6,9-12,16H,7-8H2,1H3,(H,30,32). The molecule has 0 aliphatic heterocycles. The van der Waals surface area contributed by atoms with Crippen LogP contribution in [0, 0.1) is 24.4 Å². The molecular weight excluding hydrogens is 459 g/mol. The van der Waals surface area contributed by atoms with Crippen molar-refractivity contribution in [2.75, 3.05) is 5.32 Å². The highest BCUT2D eigenvalue weighted by atomic mass is 32.1. The van der Waals surface area contributed by atoms with E-state index in [2.05, 4.69) is 15.5 Å². The smallest absolute Gasteiger partial charge is 0.210 e. The van der Waals surface area contributed by atoms with E-state index in [4.69, 9.17) is 4.98 Å². The Morgan fingerprint density at radius 2 is 1.74 bits per heavy atom. The molecule has 1 aliphatic carbocycles. The molecule has 0 atom stereocenters. The monoisotopic (exact) mass is 477 g/mol. The second kappa shape index (κ2) is 7.95. The first-order valence-electron chi connectivity index (χ1n) is 10.8.